The fraction of sp³-hybridized carbons (Fsp3) is 0.500. The van der Waals surface area contributed by atoms with Crippen LogP contribution in [0.1, 0.15) is 43.5 Å². The van der Waals surface area contributed by atoms with E-state index < -0.39 is 0 Å². The highest BCUT2D eigenvalue weighted by molar-refractivity contribution is 5.30. The highest BCUT2D eigenvalue weighted by atomic mass is 15.2. The van der Waals surface area contributed by atoms with Crippen LogP contribution >= 0.6 is 0 Å². The number of hydrogen-bond donors (Lipinski definition) is 0. The zero-order chi connectivity index (χ0) is 16.1. The number of rotatable bonds is 5. The largest absolute Gasteiger partial charge is 0.341 e. The van der Waals surface area contributed by atoms with Crippen LogP contribution in [0.2, 0.25) is 0 Å². The van der Waals surface area contributed by atoms with Gasteiger partial charge in [0.25, 0.3) is 0 Å². The maximum Gasteiger partial charge on any atom is 0.225 e. The zero-order valence-corrected chi connectivity index (χ0v) is 14.0. The fourth-order valence-electron chi connectivity index (χ4n) is 2.96. The van der Waals surface area contributed by atoms with Crippen molar-refractivity contribution in [1.29, 1.82) is 0 Å². The minimum absolute atomic E-state index is 0.262. The van der Waals surface area contributed by atoms with Crippen molar-refractivity contribution in [3.63, 3.8) is 0 Å². The molecule has 23 heavy (non-hydrogen) atoms. The molecule has 1 aliphatic rings. The molecule has 1 fully saturated rings. The smallest absolute Gasteiger partial charge is 0.225 e. The molecule has 3 rings (SSSR count). The van der Waals surface area contributed by atoms with Gasteiger partial charge in [0.1, 0.15) is 0 Å². The summed E-state index contributed by atoms with van der Waals surface area (Å²) in [4.78, 5) is 18.1. The first-order valence-corrected chi connectivity index (χ1v) is 8.41. The van der Waals surface area contributed by atoms with E-state index in [-0.39, 0.29) is 6.04 Å². The van der Waals surface area contributed by atoms with E-state index in [4.69, 9.17) is 0 Å². The predicted octanol–water partition coefficient (Wildman–Crippen LogP) is 3.05. The van der Waals surface area contributed by atoms with Crippen LogP contribution in [0.15, 0.2) is 36.8 Å². The lowest BCUT2D eigenvalue weighted by molar-refractivity contribution is 0.248. The second-order valence-electron chi connectivity index (χ2n) is 6.28. The Kier molecular flexibility index (Phi) is 5.18. The van der Waals surface area contributed by atoms with Gasteiger partial charge in [0.15, 0.2) is 0 Å². The third kappa shape index (κ3) is 4.05. The van der Waals surface area contributed by atoms with Crippen molar-refractivity contribution in [2.75, 3.05) is 25.0 Å². The second-order valence-corrected chi connectivity index (χ2v) is 6.28. The monoisotopic (exact) mass is 311 g/mol. The molecule has 0 saturated carbocycles. The SMILES string of the molecule is C[C@H](c1ccccn1)N(C)Cc1cnc(N2CCCCC2)nc1. The summed E-state index contributed by atoms with van der Waals surface area (Å²) >= 11 is 0. The molecule has 122 valence electrons. The molecule has 3 heterocycles. The van der Waals surface area contributed by atoms with Crippen molar-refractivity contribution in [1.82, 2.24) is 19.9 Å². The Bertz CT molecular complexity index is 593. The summed E-state index contributed by atoms with van der Waals surface area (Å²) in [5.74, 6) is 0.869. The van der Waals surface area contributed by atoms with Crippen LogP contribution in [0, 0.1) is 0 Å². The van der Waals surface area contributed by atoms with E-state index in [1.54, 1.807) is 0 Å². The van der Waals surface area contributed by atoms with Gasteiger partial charge in [0.05, 0.1) is 5.69 Å². The standard InChI is InChI=1S/C18H25N5/c1-15(17-8-4-5-9-19-17)22(2)14-16-12-20-18(21-13-16)23-10-6-3-7-11-23/h4-5,8-9,12-13,15H,3,6-7,10-11,14H2,1-2H3/t15-/m1/s1. The Morgan fingerprint density at radius 1 is 1.09 bits per heavy atom. The normalized spacial score (nSPS) is 16.6. The van der Waals surface area contributed by atoms with E-state index in [0.29, 0.717) is 0 Å². The quantitative estimate of drug-likeness (QED) is 0.849. The van der Waals surface area contributed by atoms with Crippen LogP contribution in [0.5, 0.6) is 0 Å². The first-order chi connectivity index (χ1) is 11.2. The maximum absolute atomic E-state index is 4.56. The molecule has 0 aliphatic carbocycles. The number of nitrogens with zero attached hydrogens (tertiary/aromatic N) is 5. The molecule has 0 amide bonds. The molecular formula is C18H25N5. The van der Waals surface area contributed by atoms with Gasteiger partial charge >= 0.3 is 0 Å². The first kappa shape index (κ1) is 15.9. The Morgan fingerprint density at radius 2 is 1.83 bits per heavy atom. The lowest BCUT2D eigenvalue weighted by Gasteiger charge is -2.27. The molecule has 0 aromatic carbocycles. The Balaban J connectivity index is 1.61. The number of aromatic nitrogens is 3. The molecule has 1 aliphatic heterocycles. The molecule has 5 heteroatoms. The zero-order valence-electron chi connectivity index (χ0n) is 14.0. The first-order valence-electron chi connectivity index (χ1n) is 8.41. The third-order valence-corrected chi connectivity index (χ3v) is 4.54. The van der Waals surface area contributed by atoms with Gasteiger partial charge in [-0.3, -0.25) is 9.88 Å². The van der Waals surface area contributed by atoms with Crippen LogP contribution in [-0.4, -0.2) is 40.0 Å². The Hall–Kier alpha value is -2.01. The van der Waals surface area contributed by atoms with Crippen LogP contribution in [0.4, 0.5) is 5.95 Å². The summed E-state index contributed by atoms with van der Waals surface area (Å²) in [6.45, 7) is 5.15. The highest BCUT2D eigenvalue weighted by Gasteiger charge is 2.15. The summed E-state index contributed by atoms with van der Waals surface area (Å²) < 4.78 is 0. The van der Waals surface area contributed by atoms with Gasteiger partial charge in [0, 0.05) is 49.8 Å². The fourth-order valence-corrected chi connectivity index (χ4v) is 2.96. The minimum Gasteiger partial charge on any atom is -0.341 e. The highest BCUT2D eigenvalue weighted by Crippen LogP contribution is 2.19. The lowest BCUT2D eigenvalue weighted by atomic mass is 10.1. The van der Waals surface area contributed by atoms with Crippen LogP contribution in [-0.2, 0) is 6.54 Å². The lowest BCUT2D eigenvalue weighted by Crippen LogP contribution is -2.31. The van der Waals surface area contributed by atoms with Crippen molar-refractivity contribution < 1.29 is 0 Å². The summed E-state index contributed by atoms with van der Waals surface area (Å²) in [6.07, 6.45) is 9.57. The van der Waals surface area contributed by atoms with Crippen molar-refractivity contribution in [2.45, 2.75) is 38.8 Å². The average molecular weight is 311 g/mol. The third-order valence-electron chi connectivity index (χ3n) is 4.54. The topological polar surface area (TPSA) is 45.2 Å². The number of pyridine rings is 1. The molecule has 0 N–H and O–H groups in total. The molecule has 0 spiro atoms. The second kappa shape index (κ2) is 7.51. The van der Waals surface area contributed by atoms with Crippen molar-refractivity contribution in [3.8, 4) is 0 Å². The Morgan fingerprint density at radius 3 is 2.48 bits per heavy atom. The molecule has 1 saturated heterocycles. The van der Waals surface area contributed by atoms with Crippen molar-refractivity contribution >= 4 is 5.95 Å². The molecule has 5 nitrogen and oxygen atoms in total. The molecular weight excluding hydrogens is 286 g/mol. The number of piperidine rings is 1. The summed E-state index contributed by atoms with van der Waals surface area (Å²) in [7, 11) is 2.11. The summed E-state index contributed by atoms with van der Waals surface area (Å²) in [6, 6.07) is 6.31. The van der Waals surface area contributed by atoms with E-state index in [1.165, 1.54) is 19.3 Å². The van der Waals surface area contributed by atoms with Gasteiger partial charge in [-0.2, -0.15) is 0 Å². The molecule has 1 atom stereocenters. The van der Waals surface area contributed by atoms with E-state index >= 15 is 0 Å². The van der Waals surface area contributed by atoms with Crippen LogP contribution < -0.4 is 4.90 Å². The van der Waals surface area contributed by atoms with Gasteiger partial charge in [-0.25, -0.2) is 9.97 Å². The van der Waals surface area contributed by atoms with Crippen molar-refractivity contribution in [3.05, 3.63) is 48.0 Å². The summed E-state index contributed by atoms with van der Waals surface area (Å²) in [5, 5.41) is 0. The minimum atomic E-state index is 0.262. The van der Waals surface area contributed by atoms with E-state index in [2.05, 4.69) is 44.8 Å². The van der Waals surface area contributed by atoms with Gasteiger partial charge in [0.2, 0.25) is 5.95 Å². The molecule has 2 aromatic rings. The number of hydrogen-bond acceptors (Lipinski definition) is 5. The molecule has 0 radical (unpaired) electrons. The Labute approximate surface area is 138 Å². The molecule has 2 aromatic heterocycles. The van der Waals surface area contributed by atoms with E-state index in [9.17, 15) is 0 Å². The van der Waals surface area contributed by atoms with Gasteiger partial charge in [-0.05, 0) is 45.4 Å². The van der Waals surface area contributed by atoms with Gasteiger partial charge < -0.3 is 4.90 Å². The van der Waals surface area contributed by atoms with Crippen LogP contribution in [0.3, 0.4) is 0 Å². The summed E-state index contributed by atoms with van der Waals surface area (Å²) in [5.41, 5.74) is 2.22. The van der Waals surface area contributed by atoms with Crippen molar-refractivity contribution in [2.24, 2.45) is 0 Å². The molecule has 0 unspecified atom stereocenters. The average Bonchev–Trinajstić information content (AvgIpc) is 2.63. The van der Waals surface area contributed by atoms with Gasteiger partial charge in [-0.1, -0.05) is 6.07 Å². The number of anilines is 1. The maximum atomic E-state index is 4.56. The van der Waals surface area contributed by atoms with Gasteiger partial charge in [-0.15, -0.1) is 0 Å². The van der Waals surface area contributed by atoms with Crippen LogP contribution in [0.25, 0.3) is 0 Å². The molecule has 0 bridgehead atoms. The van der Waals surface area contributed by atoms with E-state index in [1.807, 2.05) is 30.7 Å². The van der Waals surface area contributed by atoms with E-state index in [0.717, 1.165) is 36.8 Å². The predicted molar refractivity (Wildman–Crippen MR) is 92.2 cm³/mol.